The predicted molar refractivity (Wildman–Crippen MR) is 67.1 cm³/mol. The maximum Gasteiger partial charge on any atom is 0.0572 e. The summed E-state index contributed by atoms with van der Waals surface area (Å²) in [6.45, 7) is 7.92. The number of nitrogens with zero attached hydrogens (tertiary/aromatic N) is 1. The van der Waals surface area contributed by atoms with Gasteiger partial charge in [0.05, 0.1) is 13.2 Å². The van der Waals surface area contributed by atoms with E-state index in [1.807, 2.05) is 5.01 Å². The summed E-state index contributed by atoms with van der Waals surface area (Å²) >= 11 is 0. The van der Waals surface area contributed by atoms with Gasteiger partial charge in [-0.2, -0.15) is 0 Å². The van der Waals surface area contributed by atoms with Gasteiger partial charge in [0.25, 0.3) is 0 Å². The van der Waals surface area contributed by atoms with E-state index < -0.39 is 0 Å². The Labute approximate surface area is 99.6 Å². The molecule has 0 aromatic rings. The van der Waals surface area contributed by atoms with Crippen molar-refractivity contribution in [3.8, 4) is 0 Å². The van der Waals surface area contributed by atoms with E-state index in [-0.39, 0.29) is 18.8 Å². The van der Waals surface area contributed by atoms with E-state index in [9.17, 15) is 0 Å². The minimum absolute atomic E-state index is 0.0209. The van der Waals surface area contributed by atoms with Gasteiger partial charge in [0.15, 0.2) is 0 Å². The molecule has 0 saturated carbocycles. The van der Waals surface area contributed by atoms with E-state index in [0.29, 0.717) is 13.1 Å². The van der Waals surface area contributed by atoms with E-state index in [2.05, 4.69) is 26.2 Å². The zero-order valence-corrected chi connectivity index (χ0v) is 11.0. The van der Waals surface area contributed by atoms with Gasteiger partial charge in [0, 0.05) is 18.6 Å². The first-order valence-corrected chi connectivity index (χ1v) is 6.31. The standard InChI is InChI=1S/C12H28N2O2/c1-4-5-6-7-12(2,3)14(9-11-16)13-8-10-15/h13,15-16H,4-11H2,1-3H3. The summed E-state index contributed by atoms with van der Waals surface area (Å²) in [5.41, 5.74) is 3.18. The highest BCUT2D eigenvalue weighted by atomic mass is 16.3. The highest BCUT2D eigenvalue weighted by molar-refractivity contribution is 4.79. The zero-order valence-electron chi connectivity index (χ0n) is 11.0. The molecule has 0 aliphatic heterocycles. The molecule has 0 spiro atoms. The average molecular weight is 232 g/mol. The molecule has 0 unspecified atom stereocenters. The van der Waals surface area contributed by atoms with E-state index in [1.54, 1.807) is 0 Å². The molecule has 4 heteroatoms. The van der Waals surface area contributed by atoms with Crippen LogP contribution in [0.25, 0.3) is 0 Å². The van der Waals surface area contributed by atoms with Crippen LogP contribution < -0.4 is 5.43 Å². The Morgan fingerprint density at radius 3 is 2.31 bits per heavy atom. The van der Waals surface area contributed by atoms with Crippen molar-refractivity contribution in [3.63, 3.8) is 0 Å². The van der Waals surface area contributed by atoms with Crippen LogP contribution in [0.3, 0.4) is 0 Å². The second-order valence-electron chi connectivity index (χ2n) is 4.78. The molecule has 0 fully saturated rings. The first kappa shape index (κ1) is 15.8. The smallest absolute Gasteiger partial charge is 0.0572 e. The highest BCUT2D eigenvalue weighted by Gasteiger charge is 2.25. The first-order chi connectivity index (χ1) is 7.58. The Bertz CT molecular complexity index is 163. The van der Waals surface area contributed by atoms with Crippen molar-refractivity contribution < 1.29 is 10.2 Å². The number of nitrogens with one attached hydrogen (secondary N) is 1. The predicted octanol–water partition coefficient (Wildman–Crippen LogP) is 1.14. The number of aliphatic hydroxyl groups is 2. The van der Waals surface area contributed by atoms with Gasteiger partial charge in [-0.15, -0.1) is 0 Å². The van der Waals surface area contributed by atoms with Crippen LogP contribution in [0.1, 0.15) is 46.5 Å². The van der Waals surface area contributed by atoms with Gasteiger partial charge in [-0.05, 0) is 20.3 Å². The summed E-state index contributed by atoms with van der Waals surface area (Å²) in [4.78, 5) is 0. The lowest BCUT2D eigenvalue weighted by atomic mass is 9.96. The molecule has 0 aromatic heterocycles. The summed E-state index contributed by atoms with van der Waals surface area (Å²) in [5, 5.41) is 19.9. The van der Waals surface area contributed by atoms with Crippen LogP contribution in [0, 0.1) is 0 Å². The first-order valence-electron chi connectivity index (χ1n) is 6.31. The zero-order chi connectivity index (χ0) is 12.4. The fraction of sp³-hybridized carbons (Fsp3) is 1.00. The summed E-state index contributed by atoms with van der Waals surface area (Å²) in [6, 6.07) is 0. The maximum atomic E-state index is 9.03. The van der Waals surface area contributed by atoms with Gasteiger partial charge in [-0.25, -0.2) is 5.01 Å². The minimum atomic E-state index is 0.0209. The molecular weight excluding hydrogens is 204 g/mol. The number of hydrogen-bond acceptors (Lipinski definition) is 4. The molecule has 0 aliphatic carbocycles. The molecule has 98 valence electrons. The Hall–Kier alpha value is -0.160. The normalized spacial score (nSPS) is 12.4. The Morgan fingerprint density at radius 1 is 1.12 bits per heavy atom. The molecule has 0 aromatic carbocycles. The third-order valence-corrected chi connectivity index (χ3v) is 2.86. The third kappa shape index (κ3) is 6.43. The van der Waals surface area contributed by atoms with Crippen molar-refractivity contribution in [2.24, 2.45) is 0 Å². The van der Waals surface area contributed by atoms with Crippen LogP contribution in [0.5, 0.6) is 0 Å². The largest absolute Gasteiger partial charge is 0.395 e. The molecule has 0 heterocycles. The molecule has 0 aliphatic rings. The molecular formula is C12H28N2O2. The second-order valence-corrected chi connectivity index (χ2v) is 4.78. The number of β-amino-alcohol motifs (C(OH)–C–C–N with tert-alkyl or cyclic N) is 1. The van der Waals surface area contributed by atoms with Crippen molar-refractivity contribution in [2.75, 3.05) is 26.3 Å². The lowest BCUT2D eigenvalue weighted by molar-refractivity contribution is 0.0281. The number of aliphatic hydroxyl groups excluding tert-OH is 2. The van der Waals surface area contributed by atoms with E-state index in [0.717, 1.165) is 6.42 Å². The Morgan fingerprint density at radius 2 is 1.81 bits per heavy atom. The molecule has 16 heavy (non-hydrogen) atoms. The average Bonchev–Trinajstić information content (AvgIpc) is 2.24. The molecule has 0 amide bonds. The van der Waals surface area contributed by atoms with Crippen LogP contribution in [0.4, 0.5) is 0 Å². The van der Waals surface area contributed by atoms with Gasteiger partial charge >= 0.3 is 0 Å². The van der Waals surface area contributed by atoms with Crippen LogP contribution in [0.2, 0.25) is 0 Å². The van der Waals surface area contributed by atoms with Crippen molar-refractivity contribution in [1.82, 2.24) is 10.4 Å². The SMILES string of the molecule is CCCCCC(C)(C)N(CCO)NCCO. The van der Waals surface area contributed by atoms with Gasteiger partial charge in [-0.3, -0.25) is 5.43 Å². The van der Waals surface area contributed by atoms with Crippen LogP contribution in [0.15, 0.2) is 0 Å². The summed E-state index contributed by atoms with van der Waals surface area (Å²) in [5.74, 6) is 0. The summed E-state index contributed by atoms with van der Waals surface area (Å²) in [7, 11) is 0. The third-order valence-electron chi connectivity index (χ3n) is 2.86. The second kappa shape index (κ2) is 8.93. The Kier molecular flexibility index (Phi) is 8.84. The number of rotatable bonds is 10. The monoisotopic (exact) mass is 232 g/mol. The van der Waals surface area contributed by atoms with Crippen LogP contribution >= 0.6 is 0 Å². The number of unbranched alkanes of at least 4 members (excludes halogenated alkanes) is 2. The summed E-state index contributed by atoms with van der Waals surface area (Å²) < 4.78 is 0. The van der Waals surface area contributed by atoms with Gasteiger partial charge in [0.1, 0.15) is 0 Å². The molecule has 0 radical (unpaired) electrons. The van der Waals surface area contributed by atoms with Crippen molar-refractivity contribution >= 4 is 0 Å². The lowest BCUT2D eigenvalue weighted by Gasteiger charge is -2.38. The van der Waals surface area contributed by atoms with Gasteiger partial charge in [-0.1, -0.05) is 26.2 Å². The quantitative estimate of drug-likeness (QED) is 0.390. The van der Waals surface area contributed by atoms with E-state index >= 15 is 0 Å². The fourth-order valence-corrected chi connectivity index (χ4v) is 1.82. The molecule has 3 N–H and O–H groups in total. The van der Waals surface area contributed by atoms with Crippen LogP contribution in [-0.4, -0.2) is 47.1 Å². The lowest BCUT2D eigenvalue weighted by Crippen LogP contribution is -2.54. The van der Waals surface area contributed by atoms with E-state index in [4.69, 9.17) is 10.2 Å². The van der Waals surface area contributed by atoms with Crippen LogP contribution in [-0.2, 0) is 0 Å². The molecule has 0 rings (SSSR count). The molecule has 4 nitrogen and oxygen atoms in total. The van der Waals surface area contributed by atoms with E-state index in [1.165, 1.54) is 19.3 Å². The molecule has 0 bridgehead atoms. The van der Waals surface area contributed by atoms with Crippen molar-refractivity contribution in [1.29, 1.82) is 0 Å². The fourth-order valence-electron chi connectivity index (χ4n) is 1.82. The van der Waals surface area contributed by atoms with Gasteiger partial charge < -0.3 is 10.2 Å². The number of hydrogen-bond donors (Lipinski definition) is 3. The topological polar surface area (TPSA) is 55.7 Å². The Balaban J connectivity index is 4.12. The molecule has 0 atom stereocenters. The maximum absolute atomic E-state index is 9.03. The molecule has 0 saturated heterocycles. The summed E-state index contributed by atoms with van der Waals surface area (Å²) in [6.07, 6.45) is 4.77. The minimum Gasteiger partial charge on any atom is -0.395 e. The number of hydrazine groups is 1. The van der Waals surface area contributed by atoms with Gasteiger partial charge in [0.2, 0.25) is 0 Å². The van der Waals surface area contributed by atoms with Crippen molar-refractivity contribution in [2.45, 2.75) is 52.0 Å². The van der Waals surface area contributed by atoms with Crippen molar-refractivity contribution in [3.05, 3.63) is 0 Å². The highest BCUT2D eigenvalue weighted by Crippen LogP contribution is 2.20.